The number of methoxy groups -OCH3 is 1. The van der Waals surface area contributed by atoms with Crippen LogP contribution in [0.3, 0.4) is 0 Å². The maximum Gasteiger partial charge on any atom is 0.268 e. The van der Waals surface area contributed by atoms with Gasteiger partial charge in [0.15, 0.2) is 0 Å². The molecule has 0 spiro atoms. The molecule has 0 unspecified atom stereocenters. The lowest BCUT2D eigenvalue weighted by atomic mass is 9.83. The van der Waals surface area contributed by atoms with Crippen LogP contribution in [0.4, 0.5) is 0 Å². The topological polar surface area (TPSA) is 107 Å². The summed E-state index contributed by atoms with van der Waals surface area (Å²) in [6, 6.07) is 23.3. The van der Waals surface area contributed by atoms with E-state index < -0.39 is 5.92 Å². The van der Waals surface area contributed by atoms with Gasteiger partial charge in [0.1, 0.15) is 5.75 Å². The van der Waals surface area contributed by atoms with Gasteiger partial charge in [0.2, 0.25) is 0 Å². The van der Waals surface area contributed by atoms with Gasteiger partial charge >= 0.3 is 0 Å². The minimum atomic E-state index is -0.640. The first kappa shape index (κ1) is 22.3. The SMILES string of the molecule is COc1ccc(C(c2c(-c3ccc(C)cc3)[nH][nH]c2=O)c2c(-c3ccc(C)cc3)[nH][nH]c2=O)cc1. The van der Waals surface area contributed by atoms with E-state index in [1.807, 2.05) is 86.6 Å². The molecular weight excluding hydrogens is 440 g/mol. The Bertz CT molecular complexity index is 1470. The Morgan fingerprint density at radius 1 is 0.600 bits per heavy atom. The minimum absolute atomic E-state index is 0.281. The van der Waals surface area contributed by atoms with Crippen LogP contribution in [-0.2, 0) is 0 Å². The highest BCUT2D eigenvalue weighted by Gasteiger charge is 2.31. The maximum absolute atomic E-state index is 13.3. The Balaban J connectivity index is 1.78. The smallest absolute Gasteiger partial charge is 0.268 e. The molecule has 0 aliphatic rings. The van der Waals surface area contributed by atoms with E-state index >= 15 is 0 Å². The maximum atomic E-state index is 13.3. The Kier molecular flexibility index (Phi) is 5.74. The highest BCUT2D eigenvalue weighted by Crippen LogP contribution is 2.38. The number of aryl methyl sites for hydroxylation is 2. The lowest BCUT2D eigenvalue weighted by Crippen LogP contribution is -2.20. The zero-order valence-corrected chi connectivity index (χ0v) is 19.7. The molecule has 0 aliphatic carbocycles. The zero-order chi connectivity index (χ0) is 24.5. The van der Waals surface area contributed by atoms with Gasteiger partial charge in [0.05, 0.1) is 29.6 Å². The molecule has 7 nitrogen and oxygen atoms in total. The average molecular weight is 467 g/mol. The van der Waals surface area contributed by atoms with E-state index in [1.165, 1.54) is 0 Å². The molecule has 0 saturated carbocycles. The van der Waals surface area contributed by atoms with Crippen molar-refractivity contribution in [3.8, 4) is 28.3 Å². The van der Waals surface area contributed by atoms with Gasteiger partial charge in [-0.1, -0.05) is 71.8 Å². The number of ether oxygens (including phenoxy) is 1. The molecule has 0 radical (unpaired) electrons. The fourth-order valence-electron chi connectivity index (χ4n) is 4.46. The van der Waals surface area contributed by atoms with E-state index in [9.17, 15) is 9.59 Å². The van der Waals surface area contributed by atoms with Gasteiger partial charge in [-0.2, -0.15) is 0 Å². The first-order valence-corrected chi connectivity index (χ1v) is 11.4. The van der Waals surface area contributed by atoms with Crippen molar-refractivity contribution in [2.45, 2.75) is 19.8 Å². The molecule has 4 N–H and O–H groups in total. The normalized spacial score (nSPS) is 11.2. The van der Waals surface area contributed by atoms with Crippen molar-refractivity contribution >= 4 is 0 Å². The number of nitrogens with one attached hydrogen (secondary N) is 4. The molecule has 5 rings (SSSR count). The zero-order valence-electron chi connectivity index (χ0n) is 19.7. The lowest BCUT2D eigenvalue weighted by molar-refractivity contribution is 0.414. The largest absolute Gasteiger partial charge is 0.497 e. The molecule has 7 heteroatoms. The third kappa shape index (κ3) is 4.12. The van der Waals surface area contributed by atoms with Crippen LogP contribution in [0.5, 0.6) is 5.75 Å². The van der Waals surface area contributed by atoms with Crippen LogP contribution < -0.4 is 15.9 Å². The summed E-state index contributed by atoms with van der Waals surface area (Å²) in [6.45, 7) is 4.02. The van der Waals surface area contributed by atoms with Gasteiger partial charge in [-0.15, -0.1) is 0 Å². The predicted octanol–water partition coefficient (Wildman–Crippen LogP) is 4.86. The van der Waals surface area contributed by atoms with Crippen LogP contribution in [0.25, 0.3) is 22.5 Å². The van der Waals surface area contributed by atoms with Crippen LogP contribution in [-0.4, -0.2) is 27.5 Å². The summed E-state index contributed by atoms with van der Waals surface area (Å²) in [5, 5.41) is 11.6. The van der Waals surface area contributed by atoms with E-state index in [0.717, 1.165) is 27.8 Å². The second-order valence-electron chi connectivity index (χ2n) is 8.67. The number of benzene rings is 3. The van der Waals surface area contributed by atoms with Crippen molar-refractivity contribution in [3.63, 3.8) is 0 Å². The Morgan fingerprint density at radius 3 is 1.43 bits per heavy atom. The number of hydrogen-bond acceptors (Lipinski definition) is 3. The number of H-pyrrole nitrogens is 4. The number of aromatic amines is 4. The molecule has 0 bridgehead atoms. The molecule has 0 fully saturated rings. The summed E-state index contributed by atoms with van der Waals surface area (Å²) in [4.78, 5) is 26.6. The van der Waals surface area contributed by atoms with Crippen LogP contribution >= 0.6 is 0 Å². The molecule has 0 aliphatic heterocycles. The fourth-order valence-corrected chi connectivity index (χ4v) is 4.46. The molecule has 35 heavy (non-hydrogen) atoms. The molecular formula is C28H26N4O3. The van der Waals surface area contributed by atoms with Crippen molar-refractivity contribution in [1.29, 1.82) is 0 Å². The van der Waals surface area contributed by atoms with Gasteiger partial charge in [0.25, 0.3) is 11.1 Å². The van der Waals surface area contributed by atoms with Gasteiger partial charge in [-0.25, -0.2) is 0 Å². The Morgan fingerprint density at radius 2 is 1.03 bits per heavy atom. The summed E-state index contributed by atoms with van der Waals surface area (Å²) in [7, 11) is 1.60. The van der Waals surface area contributed by atoms with Crippen molar-refractivity contribution < 1.29 is 4.74 Å². The molecule has 2 aromatic heterocycles. The van der Waals surface area contributed by atoms with E-state index in [4.69, 9.17) is 4.74 Å². The van der Waals surface area contributed by atoms with Gasteiger partial charge in [-0.3, -0.25) is 30.0 Å². The molecule has 176 valence electrons. The Hall–Kier alpha value is -4.52. The third-order valence-corrected chi connectivity index (χ3v) is 6.34. The van der Waals surface area contributed by atoms with E-state index in [0.29, 0.717) is 28.3 Å². The third-order valence-electron chi connectivity index (χ3n) is 6.34. The van der Waals surface area contributed by atoms with Crippen molar-refractivity contribution in [1.82, 2.24) is 20.4 Å². The first-order chi connectivity index (χ1) is 17.0. The second-order valence-corrected chi connectivity index (χ2v) is 8.67. The molecule has 5 aromatic rings. The average Bonchev–Trinajstić information content (AvgIpc) is 3.44. The molecule has 0 amide bonds. The van der Waals surface area contributed by atoms with Crippen molar-refractivity contribution in [3.05, 3.63) is 121 Å². The standard InChI is InChI=1S/C28H26N4O3/c1-16-4-8-19(9-5-16)25-23(27(33)31-29-25)22(18-12-14-21(35-3)15-13-18)24-26(30-32-28(24)34)20-10-6-17(2)7-11-20/h4-15,22H,1-3H3,(H2,29,31,33)(H2,30,32,34). The number of hydrogen-bond donors (Lipinski definition) is 4. The second kappa shape index (κ2) is 9.02. The fraction of sp³-hybridized carbons (Fsp3) is 0.143. The van der Waals surface area contributed by atoms with E-state index in [2.05, 4.69) is 20.4 Å². The van der Waals surface area contributed by atoms with Crippen LogP contribution in [0.15, 0.2) is 82.4 Å². The number of rotatable bonds is 6. The Labute approximate surface area is 201 Å². The lowest BCUT2D eigenvalue weighted by Gasteiger charge is -2.18. The highest BCUT2D eigenvalue weighted by atomic mass is 16.5. The summed E-state index contributed by atoms with van der Waals surface area (Å²) < 4.78 is 5.34. The molecule has 2 heterocycles. The van der Waals surface area contributed by atoms with Gasteiger partial charge in [-0.05, 0) is 42.7 Å². The summed E-state index contributed by atoms with van der Waals surface area (Å²) in [5.74, 6) is 0.0504. The van der Waals surface area contributed by atoms with E-state index in [-0.39, 0.29) is 11.1 Å². The summed E-state index contributed by atoms with van der Waals surface area (Å²) >= 11 is 0. The van der Waals surface area contributed by atoms with Crippen molar-refractivity contribution in [2.24, 2.45) is 0 Å². The first-order valence-electron chi connectivity index (χ1n) is 11.4. The highest BCUT2D eigenvalue weighted by molar-refractivity contribution is 5.70. The van der Waals surface area contributed by atoms with Crippen molar-refractivity contribution in [2.75, 3.05) is 7.11 Å². The van der Waals surface area contributed by atoms with E-state index in [1.54, 1.807) is 7.11 Å². The minimum Gasteiger partial charge on any atom is -0.497 e. The predicted molar refractivity (Wildman–Crippen MR) is 137 cm³/mol. The van der Waals surface area contributed by atoms with Crippen LogP contribution in [0.2, 0.25) is 0 Å². The van der Waals surface area contributed by atoms with Crippen LogP contribution in [0, 0.1) is 13.8 Å². The van der Waals surface area contributed by atoms with Gasteiger partial charge in [0, 0.05) is 5.92 Å². The van der Waals surface area contributed by atoms with Crippen LogP contribution in [0.1, 0.15) is 33.7 Å². The molecule has 0 atom stereocenters. The molecule has 0 saturated heterocycles. The molecule has 3 aromatic carbocycles. The quantitative estimate of drug-likeness (QED) is 0.287. The summed E-state index contributed by atoms with van der Waals surface area (Å²) in [6.07, 6.45) is 0. The monoisotopic (exact) mass is 466 g/mol. The summed E-state index contributed by atoms with van der Waals surface area (Å²) in [5.41, 5.74) is 6.40. The van der Waals surface area contributed by atoms with Gasteiger partial charge < -0.3 is 4.74 Å². The number of aromatic nitrogens is 4.